The van der Waals surface area contributed by atoms with Crippen molar-refractivity contribution in [1.29, 1.82) is 0 Å². The van der Waals surface area contributed by atoms with E-state index in [1.165, 1.54) is 12.1 Å². The number of hydrazone groups is 1. The minimum atomic E-state index is -0.293. The molecule has 0 aromatic heterocycles. The van der Waals surface area contributed by atoms with E-state index in [9.17, 15) is 9.18 Å². The van der Waals surface area contributed by atoms with Crippen LogP contribution < -0.4 is 15.6 Å². The van der Waals surface area contributed by atoms with Crippen LogP contribution >= 0.6 is 0 Å². The molecule has 0 aliphatic carbocycles. The van der Waals surface area contributed by atoms with Crippen LogP contribution in [-0.2, 0) is 4.74 Å². The van der Waals surface area contributed by atoms with Crippen LogP contribution in [0.15, 0.2) is 29.4 Å². The maximum atomic E-state index is 13.0. The van der Waals surface area contributed by atoms with Crippen molar-refractivity contribution in [2.75, 3.05) is 31.1 Å². The fourth-order valence-corrected chi connectivity index (χ4v) is 2.97. The number of amides is 2. The molecule has 1 unspecified atom stereocenters. The second-order valence-electron chi connectivity index (χ2n) is 6.10. The molecule has 2 saturated heterocycles. The Morgan fingerprint density at radius 3 is 2.71 bits per heavy atom. The number of hydrogen-bond acceptors (Lipinski definition) is 4. The van der Waals surface area contributed by atoms with Gasteiger partial charge in [-0.05, 0) is 37.1 Å². The lowest BCUT2D eigenvalue weighted by Gasteiger charge is -2.29. The minimum absolute atomic E-state index is 0.127. The third kappa shape index (κ3) is 4.67. The number of halogens is 1. The SMILES string of the molecule is O=C(NCC1CCCO1)NN=C1CCN(c2ccc(F)cc2)CC1. The summed E-state index contributed by atoms with van der Waals surface area (Å²) in [5.41, 5.74) is 4.54. The van der Waals surface area contributed by atoms with E-state index < -0.39 is 0 Å². The van der Waals surface area contributed by atoms with Gasteiger partial charge in [0, 0.05) is 50.5 Å². The van der Waals surface area contributed by atoms with Crippen LogP contribution in [0.1, 0.15) is 25.7 Å². The van der Waals surface area contributed by atoms with Gasteiger partial charge in [0.2, 0.25) is 0 Å². The van der Waals surface area contributed by atoms with Gasteiger partial charge in [-0.25, -0.2) is 14.6 Å². The van der Waals surface area contributed by atoms with Gasteiger partial charge in [-0.15, -0.1) is 0 Å². The topological polar surface area (TPSA) is 66.0 Å². The number of nitrogens with zero attached hydrogens (tertiary/aromatic N) is 2. The molecule has 0 saturated carbocycles. The van der Waals surface area contributed by atoms with Crippen molar-refractivity contribution in [3.8, 4) is 0 Å². The zero-order valence-corrected chi connectivity index (χ0v) is 13.6. The summed E-state index contributed by atoms with van der Waals surface area (Å²) >= 11 is 0. The van der Waals surface area contributed by atoms with Gasteiger partial charge in [0.1, 0.15) is 5.82 Å². The number of benzene rings is 1. The molecule has 2 aliphatic heterocycles. The fraction of sp³-hybridized carbons (Fsp3) is 0.529. The van der Waals surface area contributed by atoms with Crippen LogP contribution in [0, 0.1) is 5.82 Å². The molecule has 2 fully saturated rings. The van der Waals surface area contributed by atoms with Gasteiger partial charge in [-0.1, -0.05) is 0 Å². The number of hydrogen-bond donors (Lipinski definition) is 2. The summed E-state index contributed by atoms with van der Waals surface area (Å²) in [7, 11) is 0. The van der Waals surface area contributed by atoms with Gasteiger partial charge < -0.3 is 15.0 Å². The van der Waals surface area contributed by atoms with Gasteiger partial charge in [0.15, 0.2) is 0 Å². The summed E-state index contributed by atoms with van der Waals surface area (Å²) in [6.45, 7) is 2.92. The summed E-state index contributed by atoms with van der Waals surface area (Å²) in [5.74, 6) is -0.226. The van der Waals surface area contributed by atoms with Crippen molar-refractivity contribution in [2.45, 2.75) is 31.8 Å². The number of rotatable bonds is 4. The molecular weight excluding hydrogens is 311 g/mol. The van der Waals surface area contributed by atoms with Crippen molar-refractivity contribution < 1.29 is 13.9 Å². The highest BCUT2D eigenvalue weighted by atomic mass is 19.1. The summed E-state index contributed by atoms with van der Waals surface area (Å²) in [4.78, 5) is 13.9. The van der Waals surface area contributed by atoms with Gasteiger partial charge in [0.05, 0.1) is 6.10 Å². The Kier molecular flexibility index (Phi) is 5.63. The van der Waals surface area contributed by atoms with E-state index in [2.05, 4.69) is 20.7 Å². The highest BCUT2D eigenvalue weighted by Crippen LogP contribution is 2.19. The number of urea groups is 1. The molecule has 0 bridgehead atoms. The monoisotopic (exact) mass is 334 g/mol. The summed E-state index contributed by atoms with van der Waals surface area (Å²) in [5, 5.41) is 6.97. The second kappa shape index (κ2) is 8.10. The lowest BCUT2D eigenvalue weighted by atomic mass is 10.1. The quantitative estimate of drug-likeness (QED) is 0.830. The molecule has 3 rings (SSSR count). The standard InChI is InChI=1S/C17H23FN4O2/c18-13-3-5-15(6-4-13)22-9-7-14(8-10-22)20-21-17(23)19-12-16-2-1-11-24-16/h3-6,16H,1-2,7-12H2,(H2,19,21,23). The highest BCUT2D eigenvalue weighted by Gasteiger charge is 2.17. The molecule has 0 spiro atoms. The lowest BCUT2D eigenvalue weighted by Crippen LogP contribution is -2.39. The summed E-state index contributed by atoms with van der Waals surface area (Å²) < 4.78 is 18.4. The number of ether oxygens (including phenoxy) is 1. The third-order valence-corrected chi connectivity index (χ3v) is 4.36. The van der Waals surface area contributed by atoms with Crippen molar-refractivity contribution in [3.63, 3.8) is 0 Å². The third-order valence-electron chi connectivity index (χ3n) is 4.36. The number of anilines is 1. The van der Waals surface area contributed by atoms with Crippen LogP contribution in [0.2, 0.25) is 0 Å². The molecule has 130 valence electrons. The molecule has 7 heteroatoms. The number of piperidine rings is 1. The molecule has 1 aromatic rings. The molecule has 24 heavy (non-hydrogen) atoms. The summed E-state index contributed by atoms with van der Waals surface area (Å²) in [6, 6.07) is 6.22. The van der Waals surface area contributed by atoms with E-state index in [4.69, 9.17) is 4.74 Å². The van der Waals surface area contributed by atoms with E-state index in [-0.39, 0.29) is 18.0 Å². The largest absolute Gasteiger partial charge is 0.376 e. The predicted molar refractivity (Wildman–Crippen MR) is 90.8 cm³/mol. The average Bonchev–Trinajstić information content (AvgIpc) is 3.13. The molecule has 2 amide bonds. The normalized spacial score (nSPS) is 20.8. The average molecular weight is 334 g/mol. The zero-order valence-electron chi connectivity index (χ0n) is 13.6. The first kappa shape index (κ1) is 16.7. The Bertz CT molecular complexity index is 575. The van der Waals surface area contributed by atoms with Crippen molar-refractivity contribution in [1.82, 2.24) is 10.7 Å². The smallest absolute Gasteiger partial charge is 0.335 e. The highest BCUT2D eigenvalue weighted by molar-refractivity contribution is 5.88. The van der Waals surface area contributed by atoms with Gasteiger partial charge >= 0.3 is 6.03 Å². The molecule has 1 aromatic carbocycles. The zero-order chi connectivity index (χ0) is 16.8. The van der Waals surface area contributed by atoms with Gasteiger partial charge in [0.25, 0.3) is 0 Å². The molecule has 2 heterocycles. The van der Waals surface area contributed by atoms with Crippen molar-refractivity contribution in [2.24, 2.45) is 5.10 Å². The molecular formula is C17H23FN4O2. The Hall–Kier alpha value is -2.15. The maximum Gasteiger partial charge on any atom is 0.335 e. The van der Waals surface area contributed by atoms with Gasteiger partial charge in [-0.2, -0.15) is 5.10 Å². The minimum Gasteiger partial charge on any atom is -0.376 e. The van der Waals surface area contributed by atoms with E-state index in [1.54, 1.807) is 12.1 Å². The Balaban J connectivity index is 1.39. The van der Waals surface area contributed by atoms with Crippen LogP contribution in [-0.4, -0.2) is 44.1 Å². The maximum absolute atomic E-state index is 13.0. The van der Waals surface area contributed by atoms with Crippen molar-refractivity contribution in [3.05, 3.63) is 30.1 Å². The van der Waals surface area contributed by atoms with E-state index >= 15 is 0 Å². The first-order valence-corrected chi connectivity index (χ1v) is 8.42. The fourth-order valence-electron chi connectivity index (χ4n) is 2.97. The van der Waals surface area contributed by atoms with Crippen LogP contribution in [0.3, 0.4) is 0 Å². The number of carbonyl (C=O) groups is 1. The lowest BCUT2D eigenvalue weighted by molar-refractivity contribution is 0.111. The predicted octanol–water partition coefficient (Wildman–Crippen LogP) is 2.26. The second-order valence-corrected chi connectivity index (χ2v) is 6.10. The van der Waals surface area contributed by atoms with E-state index in [1.807, 2.05) is 0 Å². The molecule has 0 radical (unpaired) electrons. The van der Waals surface area contributed by atoms with Gasteiger partial charge in [-0.3, -0.25) is 0 Å². The first-order valence-electron chi connectivity index (χ1n) is 8.42. The van der Waals surface area contributed by atoms with E-state index in [0.717, 1.165) is 56.8 Å². The van der Waals surface area contributed by atoms with Crippen LogP contribution in [0.25, 0.3) is 0 Å². The summed E-state index contributed by atoms with van der Waals surface area (Å²) in [6.07, 6.45) is 3.74. The van der Waals surface area contributed by atoms with E-state index in [0.29, 0.717) is 6.54 Å². The van der Waals surface area contributed by atoms with Crippen molar-refractivity contribution >= 4 is 17.4 Å². The Labute approximate surface area is 141 Å². The number of nitrogens with one attached hydrogen (secondary N) is 2. The number of carbonyl (C=O) groups excluding carboxylic acids is 1. The van der Waals surface area contributed by atoms with Crippen LogP contribution in [0.4, 0.5) is 14.9 Å². The molecule has 2 N–H and O–H groups in total. The Morgan fingerprint density at radius 1 is 1.29 bits per heavy atom. The van der Waals surface area contributed by atoms with Crippen LogP contribution in [0.5, 0.6) is 0 Å². The molecule has 6 nitrogen and oxygen atoms in total. The first-order chi connectivity index (χ1) is 11.7. The Morgan fingerprint density at radius 2 is 2.04 bits per heavy atom. The molecule has 1 atom stereocenters. The molecule has 2 aliphatic rings.